The quantitative estimate of drug-likeness (QED) is 0.0727. The fraction of sp³-hybridized carbons (Fsp3) is 0.0769. The number of rotatable bonds is 15. The molecule has 0 spiro atoms. The van der Waals surface area contributed by atoms with E-state index in [-0.39, 0.29) is 0 Å². The van der Waals surface area contributed by atoms with Gasteiger partial charge in [-0.15, -0.1) is 0 Å². The molecule has 0 atom stereocenters. The van der Waals surface area contributed by atoms with Crippen molar-refractivity contribution < 1.29 is 0 Å². The van der Waals surface area contributed by atoms with E-state index < -0.39 is 30.0 Å². The smallest absolute Gasteiger partial charge is 0.0577 e. The Labute approximate surface area is 347 Å². The van der Waals surface area contributed by atoms with Gasteiger partial charge in [-0.25, -0.2) is 0 Å². The van der Waals surface area contributed by atoms with Crippen molar-refractivity contribution in [1.82, 2.24) is 0 Å². The van der Waals surface area contributed by atoms with Crippen LogP contribution in [0.25, 0.3) is 0 Å². The van der Waals surface area contributed by atoms with Crippen LogP contribution in [0.3, 0.4) is 0 Å². The van der Waals surface area contributed by atoms with Gasteiger partial charge in [0.25, 0.3) is 0 Å². The van der Waals surface area contributed by atoms with E-state index in [0.717, 1.165) is 11.8 Å². The third-order valence-corrected chi connectivity index (χ3v) is 25.7. The maximum Gasteiger partial charge on any atom is 0.0577 e. The van der Waals surface area contributed by atoms with Gasteiger partial charge in [0, 0.05) is 25.9 Å². The van der Waals surface area contributed by atoms with E-state index >= 15 is 0 Å². The Balaban J connectivity index is 1.31. The summed E-state index contributed by atoms with van der Waals surface area (Å²) in [4.78, 5) is 0. The molecule has 58 heavy (non-hydrogen) atoms. The maximum absolute atomic E-state index is 6.03. The van der Waals surface area contributed by atoms with Gasteiger partial charge in [-0.3, -0.25) is 9.49 Å². The van der Waals surface area contributed by atoms with Gasteiger partial charge in [0.05, 0.1) is 13.1 Å². The zero-order valence-corrected chi connectivity index (χ0v) is 36.2. The highest BCUT2D eigenvalue weighted by atomic mass is 31.2. The summed E-state index contributed by atoms with van der Waals surface area (Å²) < 4.78 is 12.1. The Bertz CT molecular complexity index is 2210. The molecule has 0 saturated heterocycles. The summed E-state index contributed by atoms with van der Waals surface area (Å²) in [5.41, 5.74) is 0. The van der Waals surface area contributed by atoms with Gasteiger partial charge in [-0.1, -0.05) is 243 Å². The highest BCUT2D eigenvalue weighted by Crippen LogP contribution is 2.59. The van der Waals surface area contributed by atoms with Crippen molar-refractivity contribution in [3.05, 3.63) is 243 Å². The van der Waals surface area contributed by atoms with E-state index in [1.165, 1.54) is 42.4 Å². The Hall–Kier alpha value is -4.92. The maximum atomic E-state index is 6.03. The van der Waals surface area contributed by atoms with E-state index in [1.807, 2.05) is 0 Å². The minimum absolute atomic E-state index is 0.639. The van der Waals surface area contributed by atoms with Crippen molar-refractivity contribution in [2.75, 3.05) is 24.9 Å². The average molecular weight is 825 g/mol. The van der Waals surface area contributed by atoms with Crippen LogP contribution in [0.2, 0.25) is 0 Å². The Morgan fingerprint density at radius 3 is 0.655 bits per heavy atom. The van der Waals surface area contributed by atoms with Crippen LogP contribution in [0, 0.1) is 0 Å². The monoisotopic (exact) mass is 824 g/mol. The second-order valence-electron chi connectivity index (χ2n) is 14.1. The number of benzene rings is 8. The fourth-order valence-corrected chi connectivity index (χ4v) is 24.3. The molecule has 0 aliphatic carbocycles. The highest BCUT2D eigenvalue weighted by Gasteiger charge is 2.32. The van der Waals surface area contributed by atoms with Crippen molar-refractivity contribution in [2.24, 2.45) is 9.49 Å². The normalized spacial score (nSPS) is 11.7. The standard InChI is InChI=1S/C52H48N2P4/c1-9-25-45(26-10-1)55(46-27-11-2-12-28-46)43-57(49-33-17-5-18-34-49,50-35-19-6-20-36-50)53-41-42-54-58(51-37-21-7-22-38-51,52-39-23-8-24-40-52)44-56(47-29-13-3-14-30-47)48-31-15-4-16-32-48/h1-40H,41-44H2. The molecular weight excluding hydrogens is 776 g/mol. The molecule has 0 N–H and O–H groups in total. The Morgan fingerprint density at radius 1 is 0.259 bits per heavy atom. The van der Waals surface area contributed by atoms with Crippen molar-refractivity contribution in [3.8, 4) is 0 Å². The minimum atomic E-state index is -2.33. The van der Waals surface area contributed by atoms with Crippen LogP contribution in [-0.4, -0.2) is 24.9 Å². The molecule has 0 amide bonds. The number of nitrogens with zero attached hydrogens (tertiary/aromatic N) is 2. The average Bonchev–Trinajstić information content (AvgIpc) is 3.32. The molecule has 0 bridgehead atoms. The van der Waals surface area contributed by atoms with Gasteiger partial charge in [0.1, 0.15) is 0 Å². The van der Waals surface area contributed by atoms with Gasteiger partial charge in [-0.2, -0.15) is 0 Å². The second kappa shape index (κ2) is 19.7. The SMILES string of the molecule is c1ccc(P(CP(=NCCN=P(CP(c2ccccc2)c2ccccc2)(c2ccccc2)c2ccccc2)(c2ccccc2)c2ccccc2)c2ccccc2)cc1. The lowest BCUT2D eigenvalue weighted by Crippen LogP contribution is -2.24. The lowest BCUT2D eigenvalue weighted by molar-refractivity contribution is 0.996. The first kappa shape index (κ1) is 39.9. The molecule has 8 aromatic carbocycles. The molecule has 0 unspecified atom stereocenters. The third-order valence-electron chi connectivity index (χ3n) is 10.5. The van der Waals surface area contributed by atoms with Crippen LogP contribution < -0.4 is 42.4 Å². The third kappa shape index (κ3) is 9.19. The second-order valence-corrected chi connectivity index (χ2v) is 25.8. The lowest BCUT2D eigenvalue weighted by atomic mass is 10.4. The summed E-state index contributed by atoms with van der Waals surface area (Å²) in [6.07, 6.45) is 0. The molecule has 8 rings (SSSR count). The van der Waals surface area contributed by atoms with Crippen molar-refractivity contribution >= 4 is 72.4 Å². The minimum Gasteiger partial charge on any atom is -0.292 e. The molecule has 2 nitrogen and oxygen atoms in total. The first-order valence-electron chi connectivity index (χ1n) is 19.9. The zero-order chi connectivity index (χ0) is 39.3. The predicted molar refractivity (Wildman–Crippen MR) is 261 cm³/mol. The van der Waals surface area contributed by atoms with E-state index in [2.05, 4.69) is 243 Å². The van der Waals surface area contributed by atoms with Crippen LogP contribution >= 0.6 is 30.0 Å². The lowest BCUT2D eigenvalue weighted by Gasteiger charge is -2.32. The molecule has 0 heterocycles. The summed E-state index contributed by atoms with van der Waals surface area (Å²) >= 11 is 0. The molecule has 0 aromatic heterocycles. The van der Waals surface area contributed by atoms with Crippen LogP contribution in [0.5, 0.6) is 0 Å². The molecule has 6 heteroatoms. The Morgan fingerprint density at radius 2 is 0.448 bits per heavy atom. The molecule has 8 aromatic rings. The van der Waals surface area contributed by atoms with E-state index in [4.69, 9.17) is 9.49 Å². The van der Waals surface area contributed by atoms with Crippen molar-refractivity contribution in [3.63, 3.8) is 0 Å². The highest BCUT2D eigenvalue weighted by molar-refractivity contribution is 7.93. The largest absolute Gasteiger partial charge is 0.292 e. The topological polar surface area (TPSA) is 24.7 Å². The van der Waals surface area contributed by atoms with E-state index in [9.17, 15) is 0 Å². The number of hydrogen-bond acceptors (Lipinski definition) is 2. The summed E-state index contributed by atoms with van der Waals surface area (Å²) in [6, 6.07) is 89.1. The molecule has 0 aliphatic heterocycles. The zero-order valence-electron chi connectivity index (χ0n) is 32.6. The van der Waals surface area contributed by atoms with Crippen molar-refractivity contribution in [2.45, 2.75) is 0 Å². The van der Waals surface area contributed by atoms with Gasteiger partial charge in [0.15, 0.2) is 0 Å². The summed E-state index contributed by atoms with van der Waals surface area (Å²) in [5, 5.41) is 10.8. The van der Waals surface area contributed by atoms with Crippen LogP contribution in [0.15, 0.2) is 252 Å². The first-order valence-corrected chi connectivity index (χ1v) is 26.8. The van der Waals surface area contributed by atoms with Gasteiger partial charge >= 0.3 is 0 Å². The van der Waals surface area contributed by atoms with Crippen molar-refractivity contribution in [1.29, 1.82) is 0 Å². The molecule has 286 valence electrons. The number of hydrogen-bond donors (Lipinski definition) is 0. The Kier molecular flexibility index (Phi) is 13.5. The molecule has 0 radical (unpaired) electrons. The first-order chi connectivity index (χ1) is 28.8. The molecule has 0 aliphatic rings. The summed E-state index contributed by atoms with van der Waals surface area (Å²) in [6.45, 7) is 1.28. The van der Waals surface area contributed by atoms with Crippen LogP contribution in [-0.2, 0) is 0 Å². The summed E-state index contributed by atoms with van der Waals surface area (Å²) in [5.74, 6) is 1.91. The molecular formula is C52H48N2P4. The van der Waals surface area contributed by atoms with E-state index in [1.54, 1.807) is 0 Å². The van der Waals surface area contributed by atoms with Crippen LogP contribution in [0.1, 0.15) is 0 Å². The molecule has 0 fully saturated rings. The van der Waals surface area contributed by atoms with Gasteiger partial charge in [0.2, 0.25) is 0 Å². The fourth-order valence-electron chi connectivity index (χ4n) is 7.64. The van der Waals surface area contributed by atoms with E-state index in [0.29, 0.717) is 13.1 Å². The van der Waals surface area contributed by atoms with Gasteiger partial charge in [-0.05, 0) is 58.3 Å². The molecule has 0 saturated carbocycles. The van der Waals surface area contributed by atoms with Gasteiger partial charge < -0.3 is 0 Å². The van der Waals surface area contributed by atoms with Crippen LogP contribution in [0.4, 0.5) is 0 Å². The summed E-state index contributed by atoms with van der Waals surface area (Å²) in [7, 11) is -6.11. The predicted octanol–water partition coefficient (Wildman–Crippen LogP) is 10.9.